The lowest BCUT2D eigenvalue weighted by molar-refractivity contribution is -0.139. The monoisotopic (exact) mass is 425 g/mol. The SMILES string of the molecule is CC(C)c1ccc([C@@]2(C)NC(=O)N(CC(=O)N3C[C@@]4(C)C[C@@H]3CC(C)(C)C4)C2=O)cc1. The van der Waals surface area contributed by atoms with Crippen LogP contribution in [0.2, 0.25) is 0 Å². The largest absolute Gasteiger partial charge is 0.338 e. The van der Waals surface area contributed by atoms with Crippen molar-refractivity contribution in [1.82, 2.24) is 15.1 Å². The highest BCUT2D eigenvalue weighted by Crippen LogP contribution is 2.52. The average molecular weight is 426 g/mol. The molecule has 31 heavy (non-hydrogen) atoms. The van der Waals surface area contributed by atoms with E-state index >= 15 is 0 Å². The standard InChI is InChI=1S/C25H35N3O3/c1-16(2)17-7-9-18(10-8-17)25(6)21(30)27(22(31)26-25)13-20(29)28-15-24(5)12-19(28)11-23(3,4)14-24/h7-10,16,19H,11-15H2,1-6H3,(H,26,31)/t19-,24-,25+/m0/s1. The lowest BCUT2D eigenvalue weighted by atomic mass is 9.65. The van der Waals surface area contributed by atoms with Gasteiger partial charge in [-0.2, -0.15) is 0 Å². The minimum absolute atomic E-state index is 0.117. The number of imide groups is 1. The molecule has 0 radical (unpaired) electrons. The minimum atomic E-state index is -1.15. The van der Waals surface area contributed by atoms with Gasteiger partial charge in [0.05, 0.1) is 0 Å². The van der Waals surface area contributed by atoms with Gasteiger partial charge in [0.1, 0.15) is 12.1 Å². The molecular weight excluding hydrogens is 390 g/mol. The van der Waals surface area contributed by atoms with E-state index in [1.807, 2.05) is 29.2 Å². The first-order chi connectivity index (χ1) is 14.3. The number of hydrogen-bond acceptors (Lipinski definition) is 3. The maximum absolute atomic E-state index is 13.3. The Hall–Kier alpha value is -2.37. The molecule has 4 amide bonds. The number of likely N-dealkylation sites (tertiary alicyclic amines) is 1. The van der Waals surface area contributed by atoms with Crippen LogP contribution in [0, 0.1) is 10.8 Å². The van der Waals surface area contributed by atoms with Gasteiger partial charge >= 0.3 is 6.03 Å². The first-order valence-corrected chi connectivity index (χ1v) is 11.4. The molecule has 3 aliphatic rings. The van der Waals surface area contributed by atoms with Crippen molar-refractivity contribution in [3.63, 3.8) is 0 Å². The second-order valence-corrected chi connectivity index (χ2v) is 11.5. The van der Waals surface area contributed by atoms with Crippen LogP contribution in [0.25, 0.3) is 0 Å². The molecule has 1 aromatic rings. The minimum Gasteiger partial charge on any atom is -0.338 e. The number of amides is 4. The summed E-state index contributed by atoms with van der Waals surface area (Å²) in [5, 5.41) is 2.82. The first kappa shape index (κ1) is 21.8. The van der Waals surface area contributed by atoms with E-state index in [1.54, 1.807) is 6.92 Å². The summed E-state index contributed by atoms with van der Waals surface area (Å²) < 4.78 is 0. The molecule has 4 rings (SSSR count). The third-order valence-electron chi connectivity index (χ3n) is 7.46. The Kier molecular flexibility index (Phi) is 4.99. The number of urea groups is 1. The Balaban J connectivity index is 1.50. The van der Waals surface area contributed by atoms with Crippen molar-refractivity contribution in [2.45, 2.75) is 78.3 Å². The molecule has 3 atom stereocenters. The molecule has 6 heteroatoms. The Morgan fingerprint density at radius 2 is 1.74 bits per heavy atom. The highest BCUT2D eigenvalue weighted by molar-refractivity contribution is 6.09. The second-order valence-electron chi connectivity index (χ2n) is 11.5. The summed E-state index contributed by atoms with van der Waals surface area (Å²) in [4.78, 5) is 42.2. The van der Waals surface area contributed by atoms with Crippen LogP contribution in [0.1, 0.15) is 77.8 Å². The van der Waals surface area contributed by atoms with Crippen molar-refractivity contribution in [2.24, 2.45) is 10.8 Å². The molecule has 168 valence electrons. The average Bonchev–Trinajstić information content (AvgIpc) is 3.05. The summed E-state index contributed by atoms with van der Waals surface area (Å²) in [7, 11) is 0. The molecule has 6 nitrogen and oxygen atoms in total. The van der Waals surface area contributed by atoms with E-state index in [9.17, 15) is 14.4 Å². The van der Waals surface area contributed by atoms with Gasteiger partial charge in [0.2, 0.25) is 5.91 Å². The van der Waals surface area contributed by atoms with E-state index in [1.165, 1.54) is 5.56 Å². The highest BCUT2D eigenvalue weighted by Gasteiger charge is 2.53. The smallest absolute Gasteiger partial charge is 0.325 e. The van der Waals surface area contributed by atoms with Crippen molar-refractivity contribution in [3.8, 4) is 0 Å². The van der Waals surface area contributed by atoms with Crippen molar-refractivity contribution in [1.29, 1.82) is 0 Å². The molecule has 0 aromatic heterocycles. The molecule has 1 aromatic carbocycles. The maximum atomic E-state index is 13.3. The summed E-state index contributed by atoms with van der Waals surface area (Å²) in [5.74, 6) is -0.109. The zero-order valence-corrected chi connectivity index (χ0v) is 19.6. The summed E-state index contributed by atoms with van der Waals surface area (Å²) in [6.45, 7) is 13.2. The normalized spacial score (nSPS) is 32.0. The van der Waals surface area contributed by atoms with E-state index in [0.717, 1.165) is 29.7 Å². The van der Waals surface area contributed by atoms with E-state index < -0.39 is 11.6 Å². The third-order valence-corrected chi connectivity index (χ3v) is 7.46. The van der Waals surface area contributed by atoms with Gasteiger partial charge in [-0.05, 0) is 54.1 Å². The molecule has 3 fully saturated rings. The van der Waals surface area contributed by atoms with Gasteiger partial charge in [0.25, 0.3) is 5.91 Å². The Labute approximate surface area is 185 Å². The van der Waals surface area contributed by atoms with E-state index in [-0.39, 0.29) is 35.2 Å². The predicted octanol–water partition coefficient (Wildman–Crippen LogP) is 4.00. The van der Waals surface area contributed by atoms with Crippen molar-refractivity contribution < 1.29 is 14.4 Å². The molecule has 2 bridgehead atoms. The van der Waals surface area contributed by atoms with Crippen LogP contribution >= 0.6 is 0 Å². The van der Waals surface area contributed by atoms with Crippen molar-refractivity contribution in [3.05, 3.63) is 35.4 Å². The van der Waals surface area contributed by atoms with Gasteiger partial charge in [-0.1, -0.05) is 58.9 Å². The number of carbonyl (C=O) groups is 3. The van der Waals surface area contributed by atoms with Crippen LogP contribution in [0.5, 0.6) is 0 Å². The van der Waals surface area contributed by atoms with Gasteiger partial charge in [-0.3, -0.25) is 14.5 Å². The fourth-order valence-corrected chi connectivity index (χ4v) is 6.22. The van der Waals surface area contributed by atoms with Gasteiger partial charge in [0, 0.05) is 12.6 Å². The summed E-state index contributed by atoms with van der Waals surface area (Å²) in [6.07, 6.45) is 3.06. The summed E-state index contributed by atoms with van der Waals surface area (Å²) in [5.41, 5.74) is 1.08. The highest BCUT2D eigenvalue weighted by atomic mass is 16.2. The van der Waals surface area contributed by atoms with Gasteiger partial charge in [0.15, 0.2) is 0 Å². The van der Waals surface area contributed by atoms with Crippen molar-refractivity contribution in [2.75, 3.05) is 13.1 Å². The number of carbonyl (C=O) groups excluding carboxylic acids is 3. The number of nitrogens with one attached hydrogen (secondary N) is 1. The van der Waals surface area contributed by atoms with Crippen LogP contribution in [0.15, 0.2) is 24.3 Å². The fraction of sp³-hybridized carbons (Fsp3) is 0.640. The molecule has 0 unspecified atom stereocenters. The fourth-order valence-electron chi connectivity index (χ4n) is 6.22. The Morgan fingerprint density at radius 1 is 1.10 bits per heavy atom. The van der Waals surface area contributed by atoms with E-state index in [4.69, 9.17) is 0 Å². The molecule has 1 aliphatic carbocycles. The predicted molar refractivity (Wildman–Crippen MR) is 119 cm³/mol. The van der Waals surface area contributed by atoms with E-state index in [2.05, 4.69) is 39.9 Å². The maximum Gasteiger partial charge on any atom is 0.325 e. The van der Waals surface area contributed by atoms with Gasteiger partial charge < -0.3 is 10.2 Å². The molecule has 0 spiro atoms. The molecule has 2 heterocycles. The zero-order chi connectivity index (χ0) is 22.8. The molecule has 1 saturated carbocycles. The van der Waals surface area contributed by atoms with Gasteiger partial charge in [-0.15, -0.1) is 0 Å². The Morgan fingerprint density at radius 3 is 2.35 bits per heavy atom. The quantitative estimate of drug-likeness (QED) is 0.741. The van der Waals surface area contributed by atoms with Crippen LogP contribution in [-0.2, 0) is 15.1 Å². The first-order valence-electron chi connectivity index (χ1n) is 11.4. The second kappa shape index (κ2) is 7.07. The molecule has 2 saturated heterocycles. The van der Waals surface area contributed by atoms with Gasteiger partial charge in [-0.25, -0.2) is 4.79 Å². The molecule has 2 aliphatic heterocycles. The molecular formula is C25H35N3O3. The molecule has 1 N–H and O–H groups in total. The van der Waals surface area contributed by atoms with Crippen LogP contribution < -0.4 is 5.32 Å². The Bertz CT molecular complexity index is 922. The topological polar surface area (TPSA) is 69.7 Å². The number of hydrogen-bond donors (Lipinski definition) is 1. The van der Waals surface area contributed by atoms with E-state index in [0.29, 0.717) is 12.5 Å². The number of nitrogens with zero attached hydrogens (tertiary/aromatic N) is 2. The number of fused-ring (bicyclic) bond motifs is 2. The summed E-state index contributed by atoms with van der Waals surface area (Å²) >= 11 is 0. The van der Waals surface area contributed by atoms with Crippen LogP contribution in [-0.4, -0.2) is 46.8 Å². The summed E-state index contributed by atoms with van der Waals surface area (Å²) in [6, 6.07) is 7.47. The van der Waals surface area contributed by atoms with Crippen molar-refractivity contribution >= 4 is 17.8 Å². The number of rotatable bonds is 4. The van der Waals surface area contributed by atoms with Crippen LogP contribution in [0.4, 0.5) is 4.79 Å². The zero-order valence-electron chi connectivity index (χ0n) is 19.6. The number of benzene rings is 1. The third kappa shape index (κ3) is 3.74. The lowest BCUT2D eigenvalue weighted by Crippen LogP contribution is -2.46. The van der Waals surface area contributed by atoms with Crippen LogP contribution in [0.3, 0.4) is 0 Å². The lowest BCUT2D eigenvalue weighted by Gasteiger charge is -2.39.